The number of carbonyl (C=O) groups excluding carboxylic acids is 3. The van der Waals surface area contributed by atoms with Gasteiger partial charge in [-0.2, -0.15) is 5.10 Å². The van der Waals surface area contributed by atoms with Crippen LogP contribution in [0.25, 0.3) is 10.6 Å². The number of benzene rings is 3. The molecule has 3 aromatic carbocycles. The fourth-order valence-electron chi connectivity index (χ4n) is 2.98. The summed E-state index contributed by atoms with van der Waals surface area (Å²) in [5.74, 6) is -1.39. The Labute approximate surface area is 216 Å². The van der Waals surface area contributed by atoms with Crippen molar-refractivity contribution in [3.05, 3.63) is 90.0 Å². The van der Waals surface area contributed by atoms with Crippen LogP contribution in [0, 0.1) is 0 Å². The number of hydrogen-bond donors (Lipinski definition) is 2. The molecule has 0 saturated heterocycles. The Balaban J connectivity index is 1.25. The minimum absolute atomic E-state index is 0.193. The fraction of sp³-hybridized carbons (Fsp3) is 0.0769. The SMILES string of the molecule is CCOc1ccc(C(=O)Oc2ccc(/C=N/NC(=O)C(=O)Nc3nnc(-c4ccccc4)s3)cc2)cc1. The fourth-order valence-corrected chi connectivity index (χ4v) is 3.73. The summed E-state index contributed by atoms with van der Waals surface area (Å²) in [4.78, 5) is 36.4. The first kappa shape index (κ1) is 25.2. The zero-order chi connectivity index (χ0) is 26.0. The van der Waals surface area contributed by atoms with Crippen LogP contribution in [0.1, 0.15) is 22.8 Å². The summed E-state index contributed by atoms with van der Waals surface area (Å²) in [6.45, 7) is 2.42. The second-order valence-corrected chi connectivity index (χ2v) is 8.33. The van der Waals surface area contributed by atoms with E-state index in [0.29, 0.717) is 34.2 Å². The smallest absolute Gasteiger partial charge is 0.343 e. The lowest BCUT2D eigenvalue weighted by Crippen LogP contribution is -2.32. The van der Waals surface area contributed by atoms with Crippen molar-refractivity contribution < 1.29 is 23.9 Å². The molecule has 10 nitrogen and oxygen atoms in total. The Morgan fingerprint density at radius 2 is 1.59 bits per heavy atom. The molecule has 2 N–H and O–H groups in total. The van der Waals surface area contributed by atoms with E-state index < -0.39 is 17.8 Å². The van der Waals surface area contributed by atoms with Crippen molar-refractivity contribution in [2.45, 2.75) is 6.92 Å². The number of hydrogen-bond acceptors (Lipinski definition) is 9. The van der Waals surface area contributed by atoms with Crippen LogP contribution in [-0.2, 0) is 9.59 Å². The molecule has 0 aliphatic carbocycles. The van der Waals surface area contributed by atoms with E-state index in [1.165, 1.54) is 6.21 Å². The number of rotatable bonds is 8. The molecule has 0 radical (unpaired) electrons. The lowest BCUT2D eigenvalue weighted by atomic mass is 10.2. The van der Waals surface area contributed by atoms with Gasteiger partial charge >= 0.3 is 17.8 Å². The molecule has 0 atom stereocenters. The highest BCUT2D eigenvalue weighted by atomic mass is 32.1. The minimum atomic E-state index is -0.964. The van der Waals surface area contributed by atoms with Crippen LogP contribution in [0.3, 0.4) is 0 Å². The van der Waals surface area contributed by atoms with Gasteiger partial charge in [0.15, 0.2) is 0 Å². The average Bonchev–Trinajstić information content (AvgIpc) is 3.39. The first-order valence-electron chi connectivity index (χ1n) is 11.1. The monoisotopic (exact) mass is 515 g/mol. The zero-order valence-corrected chi connectivity index (χ0v) is 20.4. The lowest BCUT2D eigenvalue weighted by molar-refractivity contribution is -0.136. The normalized spacial score (nSPS) is 10.6. The number of anilines is 1. The molecule has 2 amide bonds. The van der Waals surface area contributed by atoms with Gasteiger partial charge in [-0.3, -0.25) is 14.9 Å². The Kier molecular flexibility index (Phi) is 8.29. The molecule has 1 heterocycles. The second-order valence-electron chi connectivity index (χ2n) is 7.35. The Hall–Kier alpha value is -4.90. The molecule has 0 bridgehead atoms. The number of nitrogens with zero attached hydrogens (tertiary/aromatic N) is 3. The van der Waals surface area contributed by atoms with Crippen LogP contribution < -0.4 is 20.2 Å². The Morgan fingerprint density at radius 3 is 2.30 bits per heavy atom. The number of aromatic nitrogens is 2. The third-order valence-corrected chi connectivity index (χ3v) is 5.63. The molecule has 0 fully saturated rings. The molecule has 1 aromatic heterocycles. The number of esters is 1. The molecule has 0 spiro atoms. The van der Waals surface area contributed by atoms with Crippen LogP contribution in [0.2, 0.25) is 0 Å². The number of hydrazone groups is 1. The topological polar surface area (TPSA) is 132 Å². The van der Waals surface area contributed by atoms with E-state index in [2.05, 4.69) is 26.0 Å². The van der Waals surface area contributed by atoms with Crippen LogP contribution in [0.4, 0.5) is 5.13 Å². The second kappa shape index (κ2) is 12.2. The molecular weight excluding hydrogens is 494 g/mol. The third-order valence-electron chi connectivity index (χ3n) is 4.74. The van der Waals surface area contributed by atoms with Gasteiger partial charge in [0.05, 0.1) is 18.4 Å². The van der Waals surface area contributed by atoms with E-state index in [4.69, 9.17) is 9.47 Å². The van der Waals surface area contributed by atoms with E-state index in [9.17, 15) is 14.4 Å². The van der Waals surface area contributed by atoms with Gasteiger partial charge in [-0.25, -0.2) is 10.2 Å². The summed E-state index contributed by atoms with van der Waals surface area (Å²) in [6.07, 6.45) is 1.35. The van der Waals surface area contributed by atoms with Crippen LogP contribution in [0.15, 0.2) is 84.0 Å². The molecule has 0 unspecified atom stereocenters. The lowest BCUT2D eigenvalue weighted by Gasteiger charge is -2.06. The highest BCUT2D eigenvalue weighted by molar-refractivity contribution is 7.18. The van der Waals surface area contributed by atoms with Crippen molar-refractivity contribution in [3.8, 4) is 22.1 Å². The quantitative estimate of drug-likeness (QED) is 0.120. The van der Waals surface area contributed by atoms with E-state index in [0.717, 1.165) is 16.9 Å². The molecule has 11 heteroatoms. The maximum atomic E-state index is 12.3. The van der Waals surface area contributed by atoms with Crippen molar-refractivity contribution in [2.75, 3.05) is 11.9 Å². The largest absolute Gasteiger partial charge is 0.494 e. The predicted octanol–water partition coefficient (Wildman–Crippen LogP) is 3.91. The van der Waals surface area contributed by atoms with Crippen molar-refractivity contribution in [1.29, 1.82) is 0 Å². The van der Waals surface area contributed by atoms with Crippen molar-refractivity contribution in [1.82, 2.24) is 15.6 Å². The van der Waals surface area contributed by atoms with Gasteiger partial charge in [-0.1, -0.05) is 41.7 Å². The number of amides is 2. The van der Waals surface area contributed by atoms with Gasteiger partial charge in [0.1, 0.15) is 16.5 Å². The summed E-state index contributed by atoms with van der Waals surface area (Å²) in [7, 11) is 0. The minimum Gasteiger partial charge on any atom is -0.494 e. The summed E-state index contributed by atoms with van der Waals surface area (Å²) in [5, 5.41) is 14.9. The molecule has 0 aliphatic heterocycles. The van der Waals surface area contributed by atoms with Crippen molar-refractivity contribution in [2.24, 2.45) is 5.10 Å². The van der Waals surface area contributed by atoms with Gasteiger partial charge in [0.2, 0.25) is 5.13 Å². The third kappa shape index (κ3) is 7.05. The Morgan fingerprint density at radius 1 is 0.892 bits per heavy atom. The zero-order valence-electron chi connectivity index (χ0n) is 19.6. The maximum absolute atomic E-state index is 12.3. The predicted molar refractivity (Wildman–Crippen MR) is 139 cm³/mol. The van der Waals surface area contributed by atoms with E-state index in [1.807, 2.05) is 37.3 Å². The average molecular weight is 516 g/mol. The standard InChI is InChI=1S/C26H21N5O5S/c1-2-35-20-14-10-19(11-15-20)25(34)36-21-12-8-17(9-13-21)16-27-29-23(33)22(32)28-26-31-30-24(37-26)18-6-4-3-5-7-18/h3-16H,2H2,1H3,(H,29,33)(H,28,31,32)/b27-16+. The molecule has 0 aliphatic rings. The summed E-state index contributed by atoms with van der Waals surface area (Å²) in [6, 6.07) is 22.4. The van der Waals surface area contributed by atoms with Gasteiger partial charge in [0, 0.05) is 5.56 Å². The van der Waals surface area contributed by atoms with E-state index in [-0.39, 0.29) is 5.13 Å². The van der Waals surface area contributed by atoms with Gasteiger partial charge in [-0.05, 0) is 61.0 Å². The van der Waals surface area contributed by atoms with Gasteiger partial charge < -0.3 is 9.47 Å². The highest BCUT2D eigenvalue weighted by Crippen LogP contribution is 2.25. The summed E-state index contributed by atoms with van der Waals surface area (Å²) in [5.41, 5.74) is 4.00. The summed E-state index contributed by atoms with van der Waals surface area (Å²) < 4.78 is 10.7. The molecule has 186 valence electrons. The first-order chi connectivity index (χ1) is 18.0. The number of carbonyl (C=O) groups is 3. The van der Waals surface area contributed by atoms with Crippen LogP contribution in [-0.4, -0.2) is 40.8 Å². The highest BCUT2D eigenvalue weighted by Gasteiger charge is 2.16. The van der Waals surface area contributed by atoms with Gasteiger partial charge in [0.25, 0.3) is 0 Å². The van der Waals surface area contributed by atoms with Crippen molar-refractivity contribution >= 4 is 40.5 Å². The number of nitrogens with one attached hydrogen (secondary N) is 2. The Bertz CT molecular complexity index is 1400. The maximum Gasteiger partial charge on any atom is 0.343 e. The van der Waals surface area contributed by atoms with Crippen LogP contribution in [0.5, 0.6) is 11.5 Å². The number of ether oxygens (including phenoxy) is 2. The van der Waals surface area contributed by atoms with Crippen LogP contribution >= 0.6 is 11.3 Å². The van der Waals surface area contributed by atoms with Gasteiger partial charge in [-0.15, -0.1) is 10.2 Å². The summed E-state index contributed by atoms with van der Waals surface area (Å²) >= 11 is 1.14. The first-order valence-corrected chi connectivity index (χ1v) is 11.9. The van der Waals surface area contributed by atoms with E-state index in [1.54, 1.807) is 48.5 Å². The molecular formula is C26H21N5O5S. The molecule has 37 heavy (non-hydrogen) atoms. The molecule has 0 saturated carbocycles. The van der Waals surface area contributed by atoms with Crippen molar-refractivity contribution in [3.63, 3.8) is 0 Å². The molecule has 4 rings (SSSR count). The van der Waals surface area contributed by atoms with E-state index >= 15 is 0 Å². The molecule has 4 aromatic rings.